The number of H-pyrrole nitrogens is 1. The van der Waals surface area contributed by atoms with E-state index < -0.39 is 0 Å². The van der Waals surface area contributed by atoms with E-state index in [1.54, 1.807) is 10.8 Å². The van der Waals surface area contributed by atoms with Gasteiger partial charge in [-0.2, -0.15) is 0 Å². The average molecular weight is 254 g/mol. The molecule has 3 rings (SSSR count). The minimum Gasteiger partial charge on any atom is -0.303 e. The highest BCUT2D eigenvalue weighted by molar-refractivity contribution is 5.72. The number of nitrogens with one attached hydrogen (secondary N) is 1. The molecule has 0 aliphatic heterocycles. The molecule has 0 aliphatic rings. The number of aromatic amines is 1. The van der Waals surface area contributed by atoms with Gasteiger partial charge < -0.3 is 4.98 Å². The lowest BCUT2D eigenvalue weighted by atomic mass is 10.2. The van der Waals surface area contributed by atoms with E-state index in [0.29, 0.717) is 23.5 Å². The van der Waals surface area contributed by atoms with Crippen molar-refractivity contribution in [3.63, 3.8) is 0 Å². The van der Waals surface area contributed by atoms with E-state index in [0.717, 1.165) is 12.0 Å². The maximum atomic E-state index is 11.8. The minimum absolute atomic E-state index is 0.128. The third kappa shape index (κ3) is 2.03. The van der Waals surface area contributed by atoms with Crippen LogP contribution in [0.1, 0.15) is 13.3 Å². The molecule has 2 aromatic heterocycles. The number of nitrogens with zero attached hydrogens (tertiary/aromatic N) is 3. The Kier molecular flexibility index (Phi) is 2.87. The number of fused-ring (bicyclic) bond motifs is 1. The summed E-state index contributed by atoms with van der Waals surface area (Å²) in [5.41, 5.74) is 2.16. The predicted molar refractivity (Wildman–Crippen MR) is 73.9 cm³/mol. The van der Waals surface area contributed by atoms with E-state index in [2.05, 4.69) is 15.0 Å². The van der Waals surface area contributed by atoms with Gasteiger partial charge in [0.2, 0.25) is 0 Å². The zero-order valence-electron chi connectivity index (χ0n) is 10.6. The first-order valence-corrected chi connectivity index (χ1v) is 6.30. The van der Waals surface area contributed by atoms with Crippen LogP contribution in [0.4, 0.5) is 0 Å². The molecule has 0 saturated carbocycles. The smallest absolute Gasteiger partial charge is 0.303 e. The molecule has 0 spiro atoms. The summed E-state index contributed by atoms with van der Waals surface area (Å²) < 4.78 is 1.66. The zero-order valence-corrected chi connectivity index (χ0v) is 10.6. The van der Waals surface area contributed by atoms with Gasteiger partial charge in [-0.25, -0.2) is 14.8 Å². The molecule has 0 amide bonds. The highest BCUT2D eigenvalue weighted by atomic mass is 16.1. The van der Waals surface area contributed by atoms with Gasteiger partial charge in [0.25, 0.3) is 0 Å². The predicted octanol–water partition coefficient (Wildman–Crippen LogP) is 2.20. The number of imidazole rings is 1. The molecule has 1 N–H and O–H groups in total. The lowest BCUT2D eigenvalue weighted by Gasteiger charge is -2.02. The second-order valence-electron chi connectivity index (χ2n) is 4.38. The molecule has 0 atom stereocenters. The summed E-state index contributed by atoms with van der Waals surface area (Å²) in [5.74, 6) is 0.636. The number of rotatable bonds is 3. The molecule has 5 heteroatoms. The van der Waals surface area contributed by atoms with Crippen LogP contribution in [0.25, 0.3) is 22.6 Å². The van der Waals surface area contributed by atoms with Crippen molar-refractivity contribution < 1.29 is 0 Å². The molecule has 5 nitrogen and oxygen atoms in total. The van der Waals surface area contributed by atoms with Crippen molar-refractivity contribution in [1.82, 2.24) is 19.5 Å². The molecule has 3 aromatic rings. The molecule has 0 bridgehead atoms. The van der Waals surface area contributed by atoms with E-state index in [1.165, 1.54) is 0 Å². The van der Waals surface area contributed by atoms with Crippen molar-refractivity contribution in [2.45, 2.75) is 19.9 Å². The Bertz CT molecular complexity index is 758. The molecule has 0 unspecified atom stereocenters. The van der Waals surface area contributed by atoms with Gasteiger partial charge in [-0.15, -0.1) is 0 Å². The Morgan fingerprint density at radius 3 is 2.79 bits per heavy atom. The largest absolute Gasteiger partial charge is 0.327 e. The molecule has 0 fully saturated rings. The molecule has 0 saturated heterocycles. The van der Waals surface area contributed by atoms with E-state index in [4.69, 9.17) is 0 Å². The maximum Gasteiger partial charge on any atom is 0.327 e. The van der Waals surface area contributed by atoms with Crippen LogP contribution in [0.2, 0.25) is 0 Å². The topological polar surface area (TPSA) is 63.6 Å². The summed E-state index contributed by atoms with van der Waals surface area (Å²) in [4.78, 5) is 23.4. The SMILES string of the molecule is CCCn1c(=O)[nH]c2cnc(-c3ccccc3)nc21. The summed E-state index contributed by atoms with van der Waals surface area (Å²) in [5, 5.41) is 0. The van der Waals surface area contributed by atoms with E-state index in [1.807, 2.05) is 37.3 Å². The molecule has 0 aliphatic carbocycles. The maximum absolute atomic E-state index is 11.8. The first-order valence-electron chi connectivity index (χ1n) is 6.30. The summed E-state index contributed by atoms with van der Waals surface area (Å²) in [6.45, 7) is 2.69. The van der Waals surface area contributed by atoms with Gasteiger partial charge in [0, 0.05) is 12.1 Å². The second kappa shape index (κ2) is 4.68. The van der Waals surface area contributed by atoms with Crippen LogP contribution in [-0.2, 0) is 6.54 Å². The quantitative estimate of drug-likeness (QED) is 0.779. The molecule has 0 radical (unpaired) electrons. The Balaban J connectivity index is 2.19. The van der Waals surface area contributed by atoms with Crippen LogP contribution in [0.15, 0.2) is 41.3 Å². The Hall–Kier alpha value is -2.43. The van der Waals surface area contributed by atoms with Gasteiger partial charge in [0.15, 0.2) is 11.5 Å². The number of aromatic nitrogens is 4. The fourth-order valence-electron chi connectivity index (χ4n) is 2.10. The molecule has 96 valence electrons. The first kappa shape index (κ1) is 11.6. The Morgan fingerprint density at radius 1 is 1.26 bits per heavy atom. The highest BCUT2D eigenvalue weighted by Crippen LogP contribution is 2.16. The van der Waals surface area contributed by atoms with Gasteiger partial charge >= 0.3 is 5.69 Å². The van der Waals surface area contributed by atoms with Crippen molar-refractivity contribution >= 4 is 11.2 Å². The second-order valence-corrected chi connectivity index (χ2v) is 4.38. The van der Waals surface area contributed by atoms with Gasteiger partial charge in [-0.3, -0.25) is 4.57 Å². The summed E-state index contributed by atoms with van der Waals surface area (Å²) in [6.07, 6.45) is 2.55. The zero-order chi connectivity index (χ0) is 13.2. The fraction of sp³-hybridized carbons (Fsp3) is 0.214. The monoisotopic (exact) mass is 254 g/mol. The van der Waals surface area contributed by atoms with E-state index in [-0.39, 0.29) is 5.69 Å². The molecule has 1 aromatic carbocycles. The van der Waals surface area contributed by atoms with Crippen molar-refractivity contribution in [2.24, 2.45) is 0 Å². The van der Waals surface area contributed by atoms with Gasteiger partial charge in [-0.1, -0.05) is 37.3 Å². The van der Waals surface area contributed by atoms with E-state index in [9.17, 15) is 4.79 Å². The molecule has 19 heavy (non-hydrogen) atoms. The number of hydrogen-bond donors (Lipinski definition) is 1. The summed E-state index contributed by atoms with van der Waals surface area (Å²) in [6, 6.07) is 9.75. The number of benzene rings is 1. The average Bonchev–Trinajstić information content (AvgIpc) is 2.76. The lowest BCUT2D eigenvalue weighted by Crippen LogP contribution is -2.16. The van der Waals surface area contributed by atoms with Crippen LogP contribution in [0.5, 0.6) is 0 Å². The van der Waals surface area contributed by atoms with Gasteiger partial charge in [0.1, 0.15) is 5.52 Å². The van der Waals surface area contributed by atoms with Crippen molar-refractivity contribution in [3.8, 4) is 11.4 Å². The minimum atomic E-state index is -0.128. The van der Waals surface area contributed by atoms with Crippen LogP contribution < -0.4 is 5.69 Å². The Morgan fingerprint density at radius 2 is 2.05 bits per heavy atom. The van der Waals surface area contributed by atoms with Crippen LogP contribution >= 0.6 is 0 Å². The normalized spacial score (nSPS) is 11.0. The lowest BCUT2D eigenvalue weighted by molar-refractivity contribution is 0.669. The third-order valence-corrected chi connectivity index (χ3v) is 2.99. The number of hydrogen-bond acceptors (Lipinski definition) is 3. The fourth-order valence-corrected chi connectivity index (χ4v) is 2.10. The van der Waals surface area contributed by atoms with Crippen molar-refractivity contribution in [2.75, 3.05) is 0 Å². The first-order chi connectivity index (χ1) is 9.29. The standard InChI is InChI=1S/C14H14N4O/c1-2-8-18-13-11(16-14(18)19)9-15-12(17-13)10-6-4-3-5-7-10/h3-7,9H,2,8H2,1H3,(H,16,19). The molecular formula is C14H14N4O. The number of aryl methyl sites for hydroxylation is 1. The Labute approximate surface area is 110 Å². The molecule has 2 heterocycles. The van der Waals surface area contributed by atoms with E-state index >= 15 is 0 Å². The van der Waals surface area contributed by atoms with Crippen LogP contribution in [0, 0.1) is 0 Å². The third-order valence-electron chi connectivity index (χ3n) is 2.99. The highest BCUT2D eigenvalue weighted by Gasteiger charge is 2.09. The van der Waals surface area contributed by atoms with Gasteiger partial charge in [0.05, 0.1) is 6.20 Å². The van der Waals surface area contributed by atoms with Crippen molar-refractivity contribution in [1.29, 1.82) is 0 Å². The van der Waals surface area contributed by atoms with Crippen LogP contribution in [-0.4, -0.2) is 19.5 Å². The van der Waals surface area contributed by atoms with Gasteiger partial charge in [-0.05, 0) is 6.42 Å². The molecular weight excluding hydrogens is 240 g/mol. The van der Waals surface area contributed by atoms with Crippen molar-refractivity contribution in [3.05, 3.63) is 47.0 Å². The summed E-state index contributed by atoms with van der Waals surface area (Å²) in [7, 11) is 0. The summed E-state index contributed by atoms with van der Waals surface area (Å²) >= 11 is 0. The van der Waals surface area contributed by atoms with Crippen LogP contribution in [0.3, 0.4) is 0 Å².